The van der Waals surface area contributed by atoms with Gasteiger partial charge in [-0.05, 0) is 19.3 Å². The van der Waals surface area contributed by atoms with Gasteiger partial charge in [0.2, 0.25) is 0 Å². The zero-order valence-electron chi connectivity index (χ0n) is 7.76. The summed E-state index contributed by atoms with van der Waals surface area (Å²) in [5, 5.41) is 0. The molecule has 0 aromatic heterocycles. The van der Waals surface area contributed by atoms with Crippen molar-refractivity contribution in [1.82, 2.24) is 5.54 Å². The molecule has 0 rings (SSSR count). The summed E-state index contributed by atoms with van der Waals surface area (Å²) in [6.45, 7) is 5.82. The fraction of sp³-hybridized carbons (Fsp3) is 0.875. The van der Waals surface area contributed by atoms with Crippen LogP contribution in [0.3, 0.4) is 0 Å². The molecule has 4 heteroatoms. The van der Waals surface area contributed by atoms with E-state index in [9.17, 15) is 9.28 Å². The van der Waals surface area contributed by atoms with Gasteiger partial charge in [0.1, 0.15) is 6.04 Å². The first kappa shape index (κ1) is 11.4. The second-order valence-electron chi connectivity index (χ2n) is 3.04. The van der Waals surface area contributed by atoms with Crippen molar-refractivity contribution >= 4 is 5.97 Å². The van der Waals surface area contributed by atoms with Crippen LogP contribution < -0.4 is 5.54 Å². The average molecular weight is 177 g/mol. The number of carbonyl (C=O) groups excluding carboxylic acids is 1. The number of ether oxygens (including phenoxy) is 1. The Bertz CT molecular complexity index is 139. The molecule has 0 saturated carbocycles. The van der Waals surface area contributed by atoms with Gasteiger partial charge in [-0.15, -0.1) is 10.0 Å². The van der Waals surface area contributed by atoms with Crippen molar-refractivity contribution in [1.29, 1.82) is 0 Å². The van der Waals surface area contributed by atoms with Gasteiger partial charge < -0.3 is 4.74 Å². The van der Waals surface area contributed by atoms with Crippen LogP contribution in [0.15, 0.2) is 0 Å². The summed E-state index contributed by atoms with van der Waals surface area (Å²) in [6, 6.07) is -0.815. The van der Waals surface area contributed by atoms with E-state index in [1.807, 2.05) is 13.8 Å². The highest BCUT2D eigenvalue weighted by Gasteiger charge is 2.20. The van der Waals surface area contributed by atoms with E-state index in [0.29, 0.717) is 6.42 Å². The molecule has 0 aromatic carbocycles. The maximum absolute atomic E-state index is 12.0. The van der Waals surface area contributed by atoms with Gasteiger partial charge in [-0.25, -0.2) is 0 Å². The van der Waals surface area contributed by atoms with Crippen molar-refractivity contribution in [2.75, 3.05) is 6.61 Å². The lowest BCUT2D eigenvalue weighted by molar-refractivity contribution is -0.147. The monoisotopic (exact) mass is 177 g/mol. The van der Waals surface area contributed by atoms with Crippen molar-refractivity contribution in [2.45, 2.75) is 33.2 Å². The highest BCUT2D eigenvalue weighted by atomic mass is 19.2. The summed E-state index contributed by atoms with van der Waals surface area (Å²) >= 11 is 0. The Balaban J connectivity index is 3.87. The predicted octanol–water partition coefficient (Wildman–Crippen LogP) is 1.44. The van der Waals surface area contributed by atoms with E-state index in [-0.39, 0.29) is 12.5 Å². The molecule has 0 aliphatic heterocycles. The van der Waals surface area contributed by atoms with E-state index in [4.69, 9.17) is 0 Å². The SMILES string of the molecule is CCOC(=O)[C@H](CC(C)C)NF. The maximum atomic E-state index is 12.0. The number of nitrogens with one attached hydrogen (secondary N) is 1. The van der Waals surface area contributed by atoms with Crippen LogP contribution in [-0.2, 0) is 9.53 Å². The van der Waals surface area contributed by atoms with Crippen molar-refractivity contribution < 1.29 is 14.0 Å². The first-order chi connectivity index (χ1) is 5.61. The number of hydrogen-bond acceptors (Lipinski definition) is 3. The van der Waals surface area contributed by atoms with Gasteiger partial charge in [-0.3, -0.25) is 4.79 Å². The van der Waals surface area contributed by atoms with Gasteiger partial charge in [0, 0.05) is 0 Å². The molecule has 0 aliphatic carbocycles. The van der Waals surface area contributed by atoms with Crippen LogP contribution in [0.4, 0.5) is 4.48 Å². The normalized spacial score (nSPS) is 13.1. The quantitative estimate of drug-likeness (QED) is 0.510. The minimum atomic E-state index is -0.815. The van der Waals surface area contributed by atoms with Crippen molar-refractivity contribution in [3.8, 4) is 0 Å². The number of carbonyl (C=O) groups is 1. The van der Waals surface area contributed by atoms with Crippen LogP contribution in [-0.4, -0.2) is 18.6 Å². The van der Waals surface area contributed by atoms with Crippen molar-refractivity contribution in [3.05, 3.63) is 0 Å². The average Bonchev–Trinajstić information content (AvgIpc) is 2.00. The second kappa shape index (κ2) is 5.94. The van der Waals surface area contributed by atoms with Crippen LogP contribution >= 0.6 is 0 Å². The van der Waals surface area contributed by atoms with E-state index in [2.05, 4.69) is 4.74 Å². The fourth-order valence-corrected chi connectivity index (χ4v) is 0.900. The number of hydrogen-bond donors (Lipinski definition) is 1. The van der Waals surface area contributed by atoms with E-state index < -0.39 is 12.0 Å². The Kier molecular flexibility index (Phi) is 5.62. The van der Waals surface area contributed by atoms with Crippen LogP contribution in [0.25, 0.3) is 0 Å². The maximum Gasteiger partial charge on any atom is 0.325 e. The van der Waals surface area contributed by atoms with Crippen LogP contribution in [0, 0.1) is 5.92 Å². The third kappa shape index (κ3) is 4.28. The first-order valence-corrected chi connectivity index (χ1v) is 4.14. The highest BCUT2D eigenvalue weighted by molar-refractivity contribution is 5.75. The number of rotatable bonds is 5. The van der Waals surface area contributed by atoms with Gasteiger partial charge in [0.25, 0.3) is 0 Å². The van der Waals surface area contributed by atoms with Gasteiger partial charge in [0.15, 0.2) is 0 Å². The Morgan fingerprint density at radius 1 is 1.58 bits per heavy atom. The molecule has 0 fully saturated rings. The standard InChI is InChI=1S/C8H16FNO2/c1-4-12-8(11)7(10-9)5-6(2)3/h6-7,10H,4-5H2,1-3H3/t7-/m0/s1. The molecule has 0 amide bonds. The van der Waals surface area contributed by atoms with E-state index in [1.165, 1.54) is 5.54 Å². The van der Waals surface area contributed by atoms with Crippen LogP contribution in [0.5, 0.6) is 0 Å². The highest BCUT2D eigenvalue weighted by Crippen LogP contribution is 2.06. The van der Waals surface area contributed by atoms with E-state index in [1.54, 1.807) is 6.92 Å². The van der Waals surface area contributed by atoms with Gasteiger partial charge in [0.05, 0.1) is 6.61 Å². The summed E-state index contributed by atoms with van der Waals surface area (Å²) in [5.74, 6) is -0.253. The van der Waals surface area contributed by atoms with Crippen molar-refractivity contribution in [2.24, 2.45) is 5.92 Å². The minimum absolute atomic E-state index is 0.266. The molecule has 0 saturated heterocycles. The smallest absolute Gasteiger partial charge is 0.325 e. The number of halogens is 1. The minimum Gasteiger partial charge on any atom is -0.465 e. The van der Waals surface area contributed by atoms with Crippen LogP contribution in [0.2, 0.25) is 0 Å². The Hall–Kier alpha value is -0.640. The first-order valence-electron chi connectivity index (χ1n) is 4.14. The van der Waals surface area contributed by atoms with Gasteiger partial charge in [-0.2, -0.15) is 0 Å². The Morgan fingerprint density at radius 3 is 2.50 bits per heavy atom. The molecule has 0 aliphatic rings. The zero-order chi connectivity index (χ0) is 9.56. The molecule has 1 atom stereocenters. The van der Waals surface area contributed by atoms with E-state index >= 15 is 0 Å². The lowest BCUT2D eigenvalue weighted by atomic mass is 10.1. The zero-order valence-corrected chi connectivity index (χ0v) is 7.76. The molecule has 0 spiro atoms. The van der Waals surface area contributed by atoms with Gasteiger partial charge >= 0.3 is 5.97 Å². The Morgan fingerprint density at radius 2 is 2.17 bits per heavy atom. The second-order valence-corrected chi connectivity index (χ2v) is 3.04. The predicted molar refractivity (Wildman–Crippen MR) is 44.1 cm³/mol. The molecular formula is C8H16FNO2. The summed E-state index contributed by atoms with van der Waals surface area (Å²) < 4.78 is 16.7. The topological polar surface area (TPSA) is 38.3 Å². The molecule has 1 N–H and O–H groups in total. The number of esters is 1. The molecule has 72 valence electrons. The molecular weight excluding hydrogens is 161 g/mol. The Labute approximate surface area is 72.2 Å². The molecule has 0 unspecified atom stereocenters. The van der Waals surface area contributed by atoms with E-state index in [0.717, 1.165) is 0 Å². The summed E-state index contributed by atoms with van der Waals surface area (Å²) in [5.41, 5.74) is 1.44. The fourth-order valence-electron chi connectivity index (χ4n) is 0.900. The molecule has 0 heterocycles. The molecule has 12 heavy (non-hydrogen) atoms. The third-order valence-corrected chi connectivity index (χ3v) is 1.41. The van der Waals surface area contributed by atoms with Crippen LogP contribution in [0.1, 0.15) is 27.2 Å². The van der Waals surface area contributed by atoms with Gasteiger partial charge in [-0.1, -0.05) is 13.8 Å². The molecule has 0 bridgehead atoms. The largest absolute Gasteiger partial charge is 0.465 e. The third-order valence-electron chi connectivity index (χ3n) is 1.41. The molecule has 0 radical (unpaired) electrons. The summed E-state index contributed by atoms with van der Waals surface area (Å²) in [6.07, 6.45) is 0.454. The molecule has 0 aromatic rings. The lowest BCUT2D eigenvalue weighted by Crippen LogP contribution is -2.34. The summed E-state index contributed by atoms with van der Waals surface area (Å²) in [7, 11) is 0. The molecule has 3 nitrogen and oxygen atoms in total. The van der Waals surface area contributed by atoms with Crippen molar-refractivity contribution in [3.63, 3.8) is 0 Å². The summed E-state index contributed by atoms with van der Waals surface area (Å²) in [4.78, 5) is 11.0. The lowest BCUT2D eigenvalue weighted by Gasteiger charge is -2.13.